The monoisotopic (exact) mass is 521 g/mol. The number of sulfonamides is 1. The Labute approximate surface area is 220 Å². The van der Waals surface area contributed by atoms with E-state index in [0.29, 0.717) is 32.5 Å². The lowest BCUT2D eigenvalue weighted by Crippen LogP contribution is -2.48. The number of rotatable bonds is 13. The number of carbonyl (C=O) groups is 2. The van der Waals surface area contributed by atoms with E-state index in [1.807, 2.05) is 60.7 Å². The fourth-order valence-corrected chi connectivity index (χ4v) is 5.03. The molecule has 0 aliphatic heterocycles. The van der Waals surface area contributed by atoms with Crippen LogP contribution < -0.4 is 10.0 Å². The molecule has 1 unspecified atom stereocenters. The van der Waals surface area contributed by atoms with Crippen molar-refractivity contribution in [1.29, 1.82) is 0 Å². The molecule has 0 saturated heterocycles. The van der Waals surface area contributed by atoms with E-state index in [9.17, 15) is 18.0 Å². The summed E-state index contributed by atoms with van der Waals surface area (Å²) in [5, 5.41) is 2.96. The molecule has 0 aliphatic rings. The third-order valence-corrected chi connectivity index (χ3v) is 7.68. The van der Waals surface area contributed by atoms with Crippen LogP contribution in [0.1, 0.15) is 37.0 Å². The number of hydrogen-bond acceptors (Lipinski definition) is 4. The summed E-state index contributed by atoms with van der Waals surface area (Å²) in [6.45, 7) is 4.60. The Balaban J connectivity index is 1.64. The van der Waals surface area contributed by atoms with Crippen molar-refractivity contribution in [3.63, 3.8) is 0 Å². The van der Waals surface area contributed by atoms with Gasteiger partial charge in [0.15, 0.2) is 0 Å². The molecule has 0 heterocycles. The van der Waals surface area contributed by atoms with E-state index in [2.05, 4.69) is 10.0 Å². The maximum Gasteiger partial charge on any atom is 0.242 e. The van der Waals surface area contributed by atoms with E-state index in [1.165, 1.54) is 0 Å². The summed E-state index contributed by atoms with van der Waals surface area (Å²) in [5.41, 5.74) is 2.93. The van der Waals surface area contributed by atoms with Gasteiger partial charge in [0, 0.05) is 26.1 Å². The van der Waals surface area contributed by atoms with E-state index in [4.69, 9.17) is 0 Å². The lowest BCUT2D eigenvalue weighted by atomic mass is 10.1. The fraction of sp³-hybridized carbons (Fsp3) is 0.310. The van der Waals surface area contributed by atoms with Gasteiger partial charge in [0.05, 0.1) is 4.90 Å². The summed E-state index contributed by atoms with van der Waals surface area (Å²) >= 11 is 0. The molecule has 0 aromatic heterocycles. The van der Waals surface area contributed by atoms with Gasteiger partial charge in [-0.2, -0.15) is 0 Å². The van der Waals surface area contributed by atoms with Gasteiger partial charge in [0.1, 0.15) is 6.04 Å². The first-order chi connectivity index (χ1) is 17.8. The second-order valence-corrected chi connectivity index (χ2v) is 10.6. The molecular formula is C29H35N3O4S. The number of nitrogens with one attached hydrogen (secondary N) is 2. The number of aryl methyl sites for hydroxylation is 1. The van der Waals surface area contributed by atoms with Gasteiger partial charge in [-0.25, -0.2) is 13.1 Å². The molecule has 0 saturated carbocycles. The lowest BCUT2D eigenvalue weighted by Gasteiger charge is -2.29. The average molecular weight is 522 g/mol. The van der Waals surface area contributed by atoms with Crippen molar-refractivity contribution >= 4 is 21.8 Å². The molecule has 2 amide bonds. The van der Waals surface area contributed by atoms with Gasteiger partial charge in [0.2, 0.25) is 21.8 Å². The predicted molar refractivity (Wildman–Crippen MR) is 145 cm³/mol. The van der Waals surface area contributed by atoms with Crippen LogP contribution in [0.2, 0.25) is 0 Å². The zero-order chi connectivity index (χ0) is 26.7. The number of benzene rings is 3. The number of nitrogens with zero attached hydrogens (tertiary/aromatic N) is 1. The predicted octanol–water partition coefficient (Wildman–Crippen LogP) is 3.69. The maximum atomic E-state index is 13.3. The van der Waals surface area contributed by atoms with Gasteiger partial charge in [-0.1, -0.05) is 79.7 Å². The van der Waals surface area contributed by atoms with Crippen LogP contribution in [-0.2, 0) is 39.0 Å². The Bertz CT molecular complexity index is 1250. The minimum absolute atomic E-state index is 0.140. The zero-order valence-electron chi connectivity index (χ0n) is 21.4. The van der Waals surface area contributed by atoms with E-state index in [-0.39, 0.29) is 23.1 Å². The van der Waals surface area contributed by atoms with Gasteiger partial charge >= 0.3 is 0 Å². The van der Waals surface area contributed by atoms with Crippen molar-refractivity contribution in [3.05, 3.63) is 102 Å². The third kappa shape index (κ3) is 8.55. The highest BCUT2D eigenvalue weighted by Gasteiger charge is 2.25. The number of hydrogen-bond donors (Lipinski definition) is 2. The van der Waals surface area contributed by atoms with Crippen LogP contribution in [0, 0.1) is 0 Å². The number of carbonyl (C=O) groups excluding carboxylic acids is 2. The highest BCUT2D eigenvalue weighted by Crippen LogP contribution is 2.15. The largest absolute Gasteiger partial charge is 0.354 e. The van der Waals surface area contributed by atoms with Crippen LogP contribution in [0.15, 0.2) is 89.8 Å². The zero-order valence-corrected chi connectivity index (χ0v) is 22.2. The van der Waals surface area contributed by atoms with Crippen molar-refractivity contribution < 1.29 is 18.0 Å². The SMILES string of the molecule is CCNS(=O)(=O)c1ccc(CCC(=O)N(Cc2ccccc2)C(C)C(=O)NCCc2ccccc2)cc1. The summed E-state index contributed by atoms with van der Waals surface area (Å²) < 4.78 is 26.8. The molecule has 8 heteroatoms. The Morgan fingerprint density at radius 1 is 0.811 bits per heavy atom. The second-order valence-electron chi connectivity index (χ2n) is 8.86. The third-order valence-electron chi connectivity index (χ3n) is 6.11. The molecule has 7 nitrogen and oxygen atoms in total. The molecule has 196 valence electrons. The molecule has 0 radical (unpaired) electrons. The standard InChI is InChI=1S/C29H35N3O4S/c1-3-31-37(35,36)27-17-14-25(15-18-27)16-19-28(33)32(22-26-12-8-5-9-13-26)23(2)29(34)30-21-20-24-10-6-4-7-11-24/h4-15,17-18,23,31H,3,16,19-22H2,1-2H3,(H,30,34). The lowest BCUT2D eigenvalue weighted by molar-refractivity contribution is -0.140. The molecule has 2 N–H and O–H groups in total. The topological polar surface area (TPSA) is 95.6 Å². The van der Waals surface area contributed by atoms with Crippen molar-refractivity contribution in [3.8, 4) is 0 Å². The minimum Gasteiger partial charge on any atom is -0.354 e. The van der Waals surface area contributed by atoms with Crippen molar-refractivity contribution in [2.75, 3.05) is 13.1 Å². The molecule has 3 aromatic carbocycles. The van der Waals surface area contributed by atoms with Crippen molar-refractivity contribution in [1.82, 2.24) is 14.9 Å². The summed E-state index contributed by atoms with van der Waals surface area (Å²) in [6, 6.07) is 25.4. The van der Waals surface area contributed by atoms with E-state index >= 15 is 0 Å². The molecule has 0 aliphatic carbocycles. The molecule has 37 heavy (non-hydrogen) atoms. The normalized spacial score (nSPS) is 12.1. The fourth-order valence-electron chi connectivity index (χ4n) is 3.99. The molecule has 0 bridgehead atoms. The van der Waals surface area contributed by atoms with Crippen molar-refractivity contribution in [2.45, 2.75) is 50.6 Å². The Morgan fingerprint density at radius 2 is 1.38 bits per heavy atom. The second kappa shape index (κ2) is 13.7. The van der Waals surface area contributed by atoms with Crippen LogP contribution in [0.3, 0.4) is 0 Å². The summed E-state index contributed by atoms with van der Waals surface area (Å²) in [5.74, 6) is -0.336. The molecule has 3 aromatic rings. The molecule has 0 fully saturated rings. The van der Waals surface area contributed by atoms with Gasteiger partial charge in [-0.15, -0.1) is 0 Å². The highest BCUT2D eigenvalue weighted by atomic mass is 32.2. The maximum absolute atomic E-state index is 13.3. The van der Waals surface area contributed by atoms with E-state index in [1.54, 1.807) is 43.0 Å². The first kappa shape index (κ1) is 28.1. The smallest absolute Gasteiger partial charge is 0.242 e. The average Bonchev–Trinajstić information content (AvgIpc) is 2.91. The molecule has 3 rings (SSSR count). The van der Waals surface area contributed by atoms with Crippen LogP contribution in [0.25, 0.3) is 0 Å². The number of amides is 2. The molecule has 1 atom stereocenters. The van der Waals surface area contributed by atoms with Crippen LogP contribution >= 0.6 is 0 Å². The highest BCUT2D eigenvalue weighted by molar-refractivity contribution is 7.89. The quantitative estimate of drug-likeness (QED) is 0.359. The van der Waals surface area contributed by atoms with Crippen LogP contribution in [0.5, 0.6) is 0 Å². The van der Waals surface area contributed by atoms with Crippen molar-refractivity contribution in [2.24, 2.45) is 0 Å². The van der Waals surface area contributed by atoms with Gasteiger partial charge in [-0.05, 0) is 48.6 Å². The van der Waals surface area contributed by atoms with Gasteiger partial charge in [0.25, 0.3) is 0 Å². The molecular weight excluding hydrogens is 486 g/mol. The summed E-state index contributed by atoms with van der Waals surface area (Å²) in [4.78, 5) is 28.1. The molecule has 0 spiro atoms. The van der Waals surface area contributed by atoms with Crippen LogP contribution in [-0.4, -0.2) is 44.3 Å². The van der Waals surface area contributed by atoms with Crippen LogP contribution in [0.4, 0.5) is 0 Å². The first-order valence-corrected chi connectivity index (χ1v) is 14.0. The summed E-state index contributed by atoms with van der Waals surface area (Å²) in [6.07, 6.45) is 1.35. The van der Waals surface area contributed by atoms with E-state index in [0.717, 1.165) is 16.7 Å². The van der Waals surface area contributed by atoms with Gasteiger partial charge < -0.3 is 10.2 Å². The van der Waals surface area contributed by atoms with Gasteiger partial charge in [-0.3, -0.25) is 9.59 Å². The summed E-state index contributed by atoms with van der Waals surface area (Å²) in [7, 11) is -3.52. The Kier molecular flexibility index (Phi) is 10.4. The van der Waals surface area contributed by atoms with E-state index < -0.39 is 16.1 Å². The minimum atomic E-state index is -3.52. The Morgan fingerprint density at radius 3 is 1.97 bits per heavy atom. The Hall–Kier alpha value is -3.49. The first-order valence-electron chi connectivity index (χ1n) is 12.5.